The van der Waals surface area contributed by atoms with Crippen molar-refractivity contribution in [2.24, 2.45) is 0 Å². The van der Waals surface area contributed by atoms with Crippen LogP contribution in [-0.4, -0.2) is 16.3 Å². The molecule has 0 saturated carbocycles. The molecule has 0 bridgehead atoms. The van der Waals surface area contributed by atoms with Gasteiger partial charge in [-0.15, -0.1) is 0 Å². The quantitative estimate of drug-likeness (QED) is 0.900. The molecule has 2 heterocycles. The molecule has 6 heteroatoms. The van der Waals surface area contributed by atoms with Crippen LogP contribution in [0, 0.1) is 5.82 Å². The number of benzene rings is 1. The lowest BCUT2D eigenvalue weighted by Gasteiger charge is -2.24. The van der Waals surface area contributed by atoms with Crippen molar-refractivity contribution in [3.05, 3.63) is 52.5 Å². The highest BCUT2D eigenvalue weighted by Crippen LogP contribution is 2.27. The van der Waals surface area contributed by atoms with Crippen molar-refractivity contribution in [2.75, 3.05) is 5.32 Å². The van der Waals surface area contributed by atoms with E-state index in [1.807, 2.05) is 0 Å². The molecular weight excluding hydrogens is 339 g/mol. The van der Waals surface area contributed by atoms with Crippen molar-refractivity contribution in [1.82, 2.24) is 4.57 Å². The minimum atomic E-state index is -0.502. The summed E-state index contributed by atoms with van der Waals surface area (Å²) in [6, 6.07) is 7.39. The normalized spacial score (nSPS) is 17.4. The number of amides is 1. The van der Waals surface area contributed by atoms with E-state index in [4.69, 9.17) is 0 Å². The Morgan fingerprint density at radius 2 is 2.19 bits per heavy atom. The summed E-state index contributed by atoms with van der Waals surface area (Å²) in [5, 5.41) is 2.59. The van der Waals surface area contributed by atoms with Crippen LogP contribution in [0.4, 0.5) is 10.1 Å². The van der Waals surface area contributed by atoms with Crippen molar-refractivity contribution >= 4 is 33.3 Å². The molecule has 1 aromatic heterocycles. The second-order valence-corrected chi connectivity index (χ2v) is 5.81. The second-order valence-electron chi connectivity index (χ2n) is 4.89. The lowest BCUT2D eigenvalue weighted by atomic mass is 10.0. The molecule has 0 radical (unpaired) electrons. The first kappa shape index (κ1) is 14.0. The van der Waals surface area contributed by atoms with Gasteiger partial charge in [0.15, 0.2) is 5.78 Å². The predicted molar refractivity (Wildman–Crippen MR) is 79.8 cm³/mol. The van der Waals surface area contributed by atoms with Crippen LogP contribution in [0.15, 0.2) is 41.0 Å². The second kappa shape index (κ2) is 5.44. The van der Waals surface area contributed by atoms with Crippen LogP contribution >= 0.6 is 15.9 Å². The summed E-state index contributed by atoms with van der Waals surface area (Å²) in [5.74, 6) is -0.794. The molecule has 0 aliphatic carbocycles. The first-order valence-electron chi connectivity index (χ1n) is 6.52. The zero-order valence-electron chi connectivity index (χ0n) is 11.0. The Morgan fingerprint density at radius 1 is 1.38 bits per heavy atom. The van der Waals surface area contributed by atoms with Crippen LogP contribution in [0.1, 0.15) is 29.4 Å². The number of rotatable bonds is 2. The van der Waals surface area contributed by atoms with Gasteiger partial charge in [0, 0.05) is 17.1 Å². The van der Waals surface area contributed by atoms with Crippen molar-refractivity contribution in [3.8, 4) is 0 Å². The van der Waals surface area contributed by atoms with E-state index in [1.165, 1.54) is 12.1 Å². The van der Waals surface area contributed by atoms with E-state index in [0.29, 0.717) is 23.0 Å². The summed E-state index contributed by atoms with van der Waals surface area (Å²) in [6.45, 7) is 0. The number of Topliss-reactive ketones (excluding diaryl/α,β-unsaturated/α-hetero) is 1. The fourth-order valence-electron chi connectivity index (χ4n) is 2.50. The Kier molecular flexibility index (Phi) is 3.63. The van der Waals surface area contributed by atoms with Gasteiger partial charge in [-0.1, -0.05) is 15.9 Å². The van der Waals surface area contributed by atoms with Gasteiger partial charge >= 0.3 is 0 Å². The van der Waals surface area contributed by atoms with Crippen LogP contribution in [0.2, 0.25) is 0 Å². The van der Waals surface area contributed by atoms with Gasteiger partial charge in [-0.2, -0.15) is 0 Å². The minimum absolute atomic E-state index is 0.0267. The van der Waals surface area contributed by atoms with Crippen molar-refractivity contribution in [1.29, 1.82) is 0 Å². The molecule has 0 saturated heterocycles. The fraction of sp³-hybridized carbons (Fsp3) is 0.200. The average molecular weight is 351 g/mol. The summed E-state index contributed by atoms with van der Waals surface area (Å²) in [6.07, 6.45) is 2.45. The molecule has 0 spiro atoms. The van der Waals surface area contributed by atoms with Gasteiger partial charge in [-0.05, 0) is 36.8 Å². The summed E-state index contributed by atoms with van der Waals surface area (Å²) in [7, 11) is 0. The van der Waals surface area contributed by atoms with Crippen LogP contribution in [0.3, 0.4) is 0 Å². The zero-order chi connectivity index (χ0) is 15.0. The molecule has 1 N–H and O–H groups in total. The lowest BCUT2D eigenvalue weighted by Crippen LogP contribution is -2.31. The van der Waals surface area contributed by atoms with Gasteiger partial charge in [0.25, 0.3) is 0 Å². The molecule has 1 aliphatic rings. The molecule has 1 atom stereocenters. The minimum Gasteiger partial charge on any atom is -0.333 e. The molecule has 21 heavy (non-hydrogen) atoms. The van der Waals surface area contributed by atoms with E-state index in [2.05, 4.69) is 21.2 Å². The number of carbonyl (C=O) groups is 2. The Balaban J connectivity index is 1.84. The van der Waals surface area contributed by atoms with Crippen LogP contribution in [0.5, 0.6) is 0 Å². The Bertz CT molecular complexity index is 726. The SMILES string of the molecule is O=C1CCC(C(=O)Nc2ccc(Br)cc2F)n2cccc21. The number of anilines is 1. The maximum atomic E-state index is 13.8. The lowest BCUT2D eigenvalue weighted by molar-refractivity contribution is -0.119. The monoisotopic (exact) mass is 350 g/mol. The number of nitrogens with zero attached hydrogens (tertiary/aromatic N) is 1. The summed E-state index contributed by atoms with van der Waals surface area (Å²) in [4.78, 5) is 24.1. The summed E-state index contributed by atoms with van der Waals surface area (Å²) >= 11 is 3.17. The first-order chi connectivity index (χ1) is 10.1. The number of halogens is 2. The third kappa shape index (κ3) is 2.63. The van der Waals surface area contributed by atoms with Crippen LogP contribution in [0.25, 0.3) is 0 Å². The Hall–Kier alpha value is -1.95. The molecule has 0 fully saturated rings. The largest absolute Gasteiger partial charge is 0.333 e. The van der Waals surface area contributed by atoms with Gasteiger partial charge < -0.3 is 9.88 Å². The molecule has 4 nitrogen and oxygen atoms in total. The Labute approximate surface area is 129 Å². The molecule has 3 rings (SSSR count). The number of hydrogen-bond donors (Lipinski definition) is 1. The number of nitrogens with one attached hydrogen (secondary N) is 1. The van der Waals surface area contributed by atoms with Crippen molar-refractivity contribution in [3.63, 3.8) is 0 Å². The topological polar surface area (TPSA) is 51.1 Å². The molecule has 1 unspecified atom stereocenters. The summed E-state index contributed by atoms with van der Waals surface area (Å²) in [5.41, 5.74) is 0.659. The molecule has 1 aromatic carbocycles. The third-order valence-corrected chi connectivity index (χ3v) is 4.03. The summed E-state index contributed by atoms with van der Waals surface area (Å²) < 4.78 is 16.0. The van der Waals surface area contributed by atoms with Crippen LogP contribution < -0.4 is 5.32 Å². The number of ketones is 1. The molecule has 2 aromatic rings. The standard InChI is InChI=1S/C15H12BrFN2O2/c16-9-3-4-11(10(17)8-9)18-15(21)13-5-6-14(20)12-2-1-7-19(12)13/h1-4,7-8,13H,5-6H2,(H,18,21). The van der Waals surface area contributed by atoms with E-state index in [-0.39, 0.29) is 17.4 Å². The van der Waals surface area contributed by atoms with E-state index < -0.39 is 11.9 Å². The highest BCUT2D eigenvalue weighted by molar-refractivity contribution is 9.10. The average Bonchev–Trinajstić information content (AvgIpc) is 2.92. The van der Waals surface area contributed by atoms with Crippen molar-refractivity contribution in [2.45, 2.75) is 18.9 Å². The maximum Gasteiger partial charge on any atom is 0.247 e. The van der Waals surface area contributed by atoms with E-state index in [9.17, 15) is 14.0 Å². The third-order valence-electron chi connectivity index (χ3n) is 3.54. The number of fused-ring (bicyclic) bond motifs is 1. The molecule has 108 valence electrons. The van der Waals surface area contributed by atoms with E-state index >= 15 is 0 Å². The van der Waals surface area contributed by atoms with Gasteiger partial charge in [0.1, 0.15) is 11.9 Å². The van der Waals surface area contributed by atoms with Gasteiger partial charge in [0.05, 0.1) is 11.4 Å². The zero-order valence-corrected chi connectivity index (χ0v) is 12.6. The molecule has 1 amide bonds. The Morgan fingerprint density at radius 3 is 2.95 bits per heavy atom. The highest BCUT2D eigenvalue weighted by atomic mass is 79.9. The van der Waals surface area contributed by atoms with Crippen LogP contribution in [-0.2, 0) is 4.79 Å². The molecular formula is C15H12BrFN2O2. The smallest absolute Gasteiger partial charge is 0.247 e. The predicted octanol–water partition coefficient (Wildman–Crippen LogP) is 3.55. The highest BCUT2D eigenvalue weighted by Gasteiger charge is 2.29. The van der Waals surface area contributed by atoms with Gasteiger partial charge in [0.2, 0.25) is 5.91 Å². The van der Waals surface area contributed by atoms with Crippen molar-refractivity contribution < 1.29 is 14.0 Å². The number of carbonyl (C=O) groups excluding carboxylic acids is 2. The van der Waals surface area contributed by atoms with E-state index in [1.54, 1.807) is 29.0 Å². The number of hydrogen-bond acceptors (Lipinski definition) is 2. The molecule has 1 aliphatic heterocycles. The first-order valence-corrected chi connectivity index (χ1v) is 7.31. The van der Waals surface area contributed by atoms with E-state index in [0.717, 1.165) is 0 Å². The fourth-order valence-corrected chi connectivity index (χ4v) is 2.83. The van der Waals surface area contributed by atoms with Gasteiger partial charge in [-0.3, -0.25) is 9.59 Å². The van der Waals surface area contributed by atoms with Gasteiger partial charge in [-0.25, -0.2) is 4.39 Å². The maximum absolute atomic E-state index is 13.8. The number of aromatic nitrogens is 1.